The summed E-state index contributed by atoms with van der Waals surface area (Å²) in [5.74, 6) is 0.970. The molecule has 0 fully saturated rings. The van der Waals surface area contributed by atoms with E-state index in [4.69, 9.17) is 26.5 Å². The number of rotatable bonds is 0. The van der Waals surface area contributed by atoms with Crippen molar-refractivity contribution in [1.82, 2.24) is 29.9 Å². The highest BCUT2D eigenvalue weighted by atomic mass is 16.4. The van der Waals surface area contributed by atoms with Gasteiger partial charge in [0.15, 0.2) is 22.8 Å². The predicted octanol–water partition coefficient (Wildman–Crippen LogP) is 4.09. The summed E-state index contributed by atoms with van der Waals surface area (Å²) >= 11 is 0. The van der Waals surface area contributed by atoms with E-state index in [1.165, 1.54) is 61.9 Å². The second-order valence-electron chi connectivity index (χ2n) is 7.98. The van der Waals surface area contributed by atoms with Gasteiger partial charge in [-0.3, -0.25) is 0 Å². The molecule has 12 bridgehead atoms. The third-order valence-electron chi connectivity index (χ3n) is 5.42. The number of aliphatic hydroxyl groups excluding tert-OH is 2. The number of aliphatic hydroxyl groups is 2. The molecule has 2 atom stereocenters. The van der Waals surface area contributed by atoms with E-state index in [9.17, 15) is 10.2 Å². The third kappa shape index (κ3) is 3.95. The molecule has 0 saturated heterocycles. The van der Waals surface area contributed by atoms with E-state index in [0.29, 0.717) is 11.4 Å². The highest BCUT2D eigenvalue weighted by Crippen LogP contribution is 2.28. The molecule has 14 heteroatoms. The second kappa shape index (κ2) is 8.65. The Hall–Kier alpha value is -5.34. The number of aromatic nitrogens is 6. The summed E-state index contributed by atoms with van der Waals surface area (Å²) in [6.45, 7) is 0. The molecule has 2 unspecified atom stereocenters. The summed E-state index contributed by atoms with van der Waals surface area (Å²) in [6, 6.07) is 0. The standard InChI is InChI=1S/C24H14N6O8/c31-17-1-3-19-25-13(7-33-19)21-30-16(10-37-21)24-28-12(6-36-24)18(32)2-4-20-26-14(8-34-20)22-29-15(9-38-22)23-27-11(17)5-35-23/h1-10,17-18,31-32H/b3-1+,4-2+. The van der Waals surface area contributed by atoms with Crippen molar-refractivity contribution < 1.29 is 36.7 Å². The first kappa shape index (κ1) is 21.9. The molecule has 2 N–H and O–H groups in total. The van der Waals surface area contributed by atoms with E-state index in [1.54, 1.807) is 0 Å². The Morgan fingerprint density at radius 1 is 0.447 bits per heavy atom. The van der Waals surface area contributed by atoms with E-state index in [1.807, 2.05) is 0 Å². The molecule has 0 spiro atoms. The topological polar surface area (TPSA) is 197 Å². The maximum Gasteiger partial charge on any atom is 0.249 e. The molecule has 38 heavy (non-hydrogen) atoms. The summed E-state index contributed by atoms with van der Waals surface area (Å²) in [4.78, 5) is 25.7. The lowest BCUT2D eigenvalue weighted by atomic mass is 10.2. The monoisotopic (exact) mass is 514 g/mol. The fourth-order valence-electron chi connectivity index (χ4n) is 3.53. The molecule has 7 heterocycles. The fraction of sp³-hybridized carbons (Fsp3) is 0.0833. The predicted molar refractivity (Wildman–Crippen MR) is 123 cm³/mol. The van der Waals surface area contributed by atoms with Crippen LogP contribution in [0.3, 0.4) is 0 Å². The van der Waals surface area contributed by atoms with Gasteiger partial charge in [0.25, 0.3) is 0 Å². The summed E-state index contributed by atoms with van der Waals surface area (Å²) in [6.07, 6.45) is 11.5. The number of fused-ring (bicyclic) bond motifs is 16. The minimum absolute atomic E-state index is 0.133. The summed E-state index contributed by atoms with van der Waals surface area (Å²) in [7, 11) is 0. The van der Waals surface area contributed by atoms with E-state index < -0.39 is 12.2 Å². The van der Waals surface area contributed by atoms with Crippen LogP contribution in [0.4, 0.5) is 0 Å². The van der Waals surface area contributed by atoms with Gasteiger partial charge in [-0.1, -0.05) is 0 Å². The minimum Gasteiger partial charge on any atom is -0.444 e. The van der Waals surface area contributed by atoms with E-state index in [2.05, 4.69) is 29.9 Å². The first-order valence-corrected chi connectivity index (χ1v) is 11.1. The van der Waals surface area contributed by atoms with Crippen molar-refractivity contribution in [3.63, 3.8) is 0 Å². The number of nitrogens with zero attached hydrogens (tertiary/aromatic N) is 6. The molecule has 0 amide bonds. The number of hydrogen-bond acceptors (Lipinski definition) is 14. The van der Waals surface area contributed by atoms with Gasteiger partial charge < -0.3 is 36.7 Å². The maximum atomic E-state index is 10.5. The van der Waals surface area contributed by atoms with E-state index >= 15 is 0 Å². The molecule has 0 radical (unpaired) electrons. The van der Waals surface area contributed by atoms with Crippen LogP contribution in [0.1, 0.15) is 35.4 Å². The summed E-state index contributed by atoms with van der Waals surface area (Å²) in [5.41, 5.74) is 1.67. The molecule has 14 nitrogen and oxygen atoms in total. The van der Waals surface area contributed by atoms with Crippen molar-refractivity contribution in [1.29, 1.82) is 0 Å². The van der Waals surface area contributed by atoms with E-state index in [-0.39, 0.29) is 58.1 Å². The smallest absolute Gasteiger partial charge is 0.249 e. The number of hydrogen-bond donors (Lipinski definition) is 2. The Morgan fingerprint density at radius 2 is 0.816 bits per heavy atom. The van der Waals surface area contributed by atoms with Crippen molar-refractivity contribution in [2.75, 3.05) is 0 Å². The molecule has 1 aliphatic heterocycles. The molecule has 1 aliphatic rings. The van der Waals surface area contributed by atoms with Gasteiger partial charge in [-0.2, -0.15) is 0 Å². The van der Waals surface area contributed by atoms with Crippen LogP contribution in [0.5, 0.6) is 0 Å². The molecule has 0 aliphatic carbocycles. The van der Waals surface area contributed by atoms with Gasteiger partial charge in [-0.05, 0) is 24.3 Å². The lowest BCUT2D eigenvalue weighted by molar-refractivity contribution is 0.224. The van der Waals surface area contributed by atoms with Gasteiger partial charge >= 0.3 is 0 Å². The Bertz CT molecular complexity index is 1670. The average molecular weight is 514 g/mol. The zero-order chi connectivity index (χ0) is 25.6. The van der Waals surface area contributed by atoms with E-state index in [0.717, 1.165) is 0 Å². The molecular formula is C24H14N6O8. The Balaban J connectivity index is 1.27. The zero-order valence-corrected chi connectivity index (χ0v) is 19.0. The maximum absolute atomic E-state index is 10.5. The molecule has 188 valence electrons. The van der Waals surface area contributed by atoms with Gasteiger partial charge in [0.2, 0.25) is 35.3 Å². The normalized spacial score (nSPS) is 18.7. The van der Waals surface area contributed by atoms with Crippen LogP contribution in [0, 0.1) is 0 Å². The summed E-state index contributed by atoms with van der Waals surface area (Å²) in [5, 5.41) is 21.0. The van der Waals surface area contributed by atoms with Crippen molar-refractivity contribution in [3.05, 3.63) is 72.9 Å². The van der Waals surface area contributed by atoms with Crippen molar-refractivity contribution in [2.24, 2.45) is 0 Å². The highest BCUT2D eigenvalue weighted by molar-refractivity contribution is 5.56. The van der Waals surface area contributed by atoms with Crippen LogP contribution in [-0.2, 0) is 0 Å². The van der Waals surface area contributed by atoms with Crippen LogP contribution in [0.2, 0.25) is 0 Å². The average Bonchev–Trinajstić information content (AvgIpc) is 3.77. The van der Waals surface area contributed by atoms with Gasteiger partial charge in [-0.15, -0.1) is 0 Å². The second-order valence-corrected chi connectivity index (χ2v) is 7.98. The van der Waals surface area contributed by atoms with Gasteiger partial charge in [-0.25, -0.2) is 29.9 Å². The molecule has 0 aromatic carbocycles. The number of oxazole rings is 6. The van der Waals surface area contributed by atoms with Gasteiger partial charge in [0, 0.05) is 0 Å². The van der Waals surface area contributed by atoms with Crippen molar-refractivity contribution in [3.8, 4) is 46.3 Å². The van der Waals surface area contributed by atoms with Gasteiger partial charge in [0.05, 0.1) is 0 Å². The van der Waals surface area contributed by atoms with Crippen molar-refractivity contribution >= 4 is 12.2 Å². The van der Waals surface area contributed by atoms with Gasteiger partial charge in [0.1, 0.15) is 61.2 Å². The third-order valence-corrected chi connectivity index (χ3v) is 5.42. The van der Waals surface area contributed by atoms with Crippen LogP contribution in [0.25, 0.3) is 58.5 Å². The van der Waals surface area contributed by atoms with Crippen LogP contribution >= 0.6 is 0 Å². The first-order chi connectivity index (χ1) is 18.6. The molecule has 7 rings (SSSR count). The Labute approximate surface area is 210 Å². The SMILES string of the molecule is OC1/C=C/c2nc(co2)-c2nc(co2)-c2nc(co2)C(O)/C=C/c2nc(co2)-c2nc(co2)-c2nc1co2. The Morgan fingerprint density at radius 3 is 1.29 bits per heavy atom. The largest absolute Gasteiger partial charge is 0.444 e. The van der Waals surface area contributed by atoms with Crippen LogP contribution in [0.15, 0.2) is 76.2 Å². The van der Waals surface area contributed by atoms with Crippen LogP contribution < -0.4 is 0 Å². The highest BCUT2D eigenvalue weighted by Gasteiger charge is 2.20. The lowest BCUT2D eigenvalue weighted by Crippen LogP contribution is -1.93. The fourth-order valence-corrected chi connectivity index (χ4v) is 3.53. The quantitative estimate of drug-likeness (QED) is 0.294. The Kier molecular flexibility index (Phi) is 4.99. The van der Waals surface area contributed by atoms with Crippen LogP contribution in [-0.4, -0.2) is 40.1 Å². The minimum atomic E-state index is -1.12. The molecule has 0 saturated carbocycles. The molecular weight excluding hydrogens is 500 g/mol. The zero-order valence-electron chi connectivity index (χ0n) is 19.0. The van der Waals surface area contributed by atoms with Crippen molar-refractivity contribution in [2.45, 2.75) is 12.2 Å². The lowest BCUT2D eigenvalue weighted by Gasteiger charge is -1.97. The molecule has 6 aromatic rings. The molecule has 6 aromatic heterocycles. The summed E-state index contributed by atoms with van der Waals surface area (Å²) < 4.78 is 32.7. The first-order valence-electron chi connectivity index (χ1n) is 11.1.